The lowest BCUT2D eigenvalue weighted by molar-refractivity contribution is -0.143. The Kier molecular flexibility index (Phi) is 8.10. The van der Waals surface area contributed by atoms with Gasteiger partial charge in [-0.2, -0.15) is 0 Å². The van der Waals surface area contributed by atoms with Gasteiger partial charge < -0.3 is 14.4 Å². The van der Waals surface area contributed by atoms with Crippen LogP contribution < -0.4 is 4.74 Å². The fourth-order valence-corrected chi connectivity index (χ4v) is 2.51. The summed E-state index contributed by atoms with van der Waals surface area (Å²) in [5, 5.41) is 0. The Morgan fingerprint density at radius 1 is 1.07 bits per heavy atom. The van der Waals surface area contributed by atoms with Gasteiger partial charge in [0.25, 0.3) is 5.91 Å². The lowest BCUT2D eigenvalue weighted by Crippen LogP contribution is -2.33. The van der Waals surface area contributed by atoms with Crippen LogP contribution in [0, 0.1) is 0 Å². The molecule has 2 rings (SSSR count). The van der Waals surface area contributed by atoms with Crippen LogP contribution in [0.5, 0.6) is 5.75 Å². The van der Waals surface area contributed by atoms with Crippen LogP contribution in [0.3, 0.4) is 0 Å². The summed E-state index contributed by atoms with van der Waals surface area (Å²) >= 11 is 0. The third-order valence-corrected chi connectivity index (χ3v) is 3.88. The number of ether oxygens (including phenoxy) is 2. The van der Waals surface area contributed by atoms with Crippen LogP contribution in [0.2, 0.25) is 0 Å². The Balaban J connectivity index is 1.94. The van der Waals surface area contributed by atoms with E-state index >= 15 is 0 Å². The van der Waals surface area contributed by atoms with Crippen molar-refractivity contribution in [3.8, 4) is 5.75 Å². The molecule has 2 aromatic carbocycles. The number of hydrogen-bond acceptors (Lipinski definition) is 4. The van der Waals surface area contributed by atoms with E-state index in [1.807, 2.05) is 30.3 Å². The van der Waals surface area contributed by atoms with Crippen molar-refractivity contribution in [3.05, 3.63) is 78.4 Å². The molecular formula is C22H25NO4. The molecule has 1 amide bonds. The summed E-state index contributed by atoms with van der Waals surface area (Å²) < 4.78 is 10.7. The van der Waals surface area contributed by atoms with Gasteiger partial charge in [-0.25, -0.2) is 0 Å². The number of benzene rings is 2. The zero-order chi connectivity index (χ0) is 19.5. The van der Waals surface area contributed by atoms with E-state index in [2.05, 4.69) is 6.58 Å². The lowest BCUT2D eigenvalue weighted by atomic mass is 10.2. The van der Waals surface area contributed by atoms with Crippen LogP contribution in [0.15, 0.2) is 67.3 Å². The third-order valence-electron chi connectivity index (χ3n) is 3.88. The topological polar surface area (TPSA) is 55.8 Å². The van der Waals surface area contributed by atoms with Crippen LogP contribution in [0.1, 0.15) is 29.3 Å². The first-order valence-corrected chi connectivity index (χ1v) is 8.96. The Hall–Kier alpha value is -3.08. The summed E-state index contributed by atoms with van der Waals surface area (Å²) in [5.41, 5.74) is 1.61. The number of hydrogen-bond donors (Lipinski definition) is 0. The predicted molar refractivity (Wildman–Crippen MR) is 105 cm³/mol. The van der Waals surface area contributed by atoms with E-state index in [4.69, 9.17) is 9.47 Å². The second-order valence-electron chi connectivity index (χ2n) is 5.89. The Morgan fingerprint density at radius 3 is 2.41 bits per heavy atom. The summed E-state index contributed by atoms with van der Waals surface area (Å²) in [6, 6.07) is 16.9. The largest absolute Gasteiger partial charge is 0.489 e. The highest BCUT2D eigenvalue weighted by Gasteiger charge is 2.16. The molecule has 0 unspecified atom stereocenters. The van der Waals surface area contributed by atoms with E-state index in [0.717, 1.165) is 5.56 Å². The molecule has 0 saturated heterocycles. The maximum atomic E-state index is 12.7. The second-order valence-corrected chi connectivity index (χ2v) is 5.89. The molecule has 0 aliphatic rings. The minimum atomic E-state index is -0.316. The van der Waals surface area contributed by atoms with Crippen molar-refractivity contribution >= 4 is 11.9 Å². The number of esters is 1. The molecule has 0 fully saturated rings. The highest BCUT2D eigenvalue weighted by atomic mass is 16.5. The number of rotatable bonds is 10. The van der Waals surface area contributed by atoms with Gasteiger partial charge >= 0.3 is 5.97 Å². The van der Waals surface area contributed by atoms with E-state index in [0.29, 0.717) is 31.1 Å². The minimum Gasteiger partial charge on any atom is -0.489 e. The van der Waals surface area contributed by atoms with Crippen molar-refractivity contribution in [1.82, 2.24) is 4.90 Å². The number of amides is 1. The van der Waals surface area contributed by atoms with Crippen LogP contribution in [-0.4, -0.2) is 36.5 Å². The van der Waals surface area contributed by atoms with Gasteiger partial charge in [0.15, 0.2) is 0 Å². The van der Waals surface area contributed by atoms with Crippen LogP contribution in [0.25, 0.3) is 0 Å². The van der Waals surface area contributed by atoms with Gasteiger partial charge in [-0.3, -0.25) is 9.59 Å². The van der Waals surface area contributed by atoms with Crippen molar-refractivity contribution in [2.24, 2.45) is 0 Å². The van der Waals surface area contributed by atoms with Gasteiger partial charge in [0.1, 0.15) is 12.4 Å². The molecule has 0 aliphatic carbocycles. The maximum absolute atomic E-state index is 12.7. The third kappa shape index (κ3) is 6.62. The van der Waals surface area contributed by atoms with E-state index in [-0.39, 0.29) is 24.8 Å². The monoisotopic (exact) mass is 367 g/mol. The number of carbonyl (C=O) groups is 2. The van der Waals surface area contributed by atoms with Crippen molar-refractivity contribution in [2.45, 2.75) is 20.0 Å². The van der Waals surface area contributed by atoms with Crippen molar-refractivity contribution in [3.63, 3.8) is 0 Å². The summed E-state index contributed by atoms with van der Waals surface area (Å²) in [7, 11) is 0. The quantitative estimate of drug-likeness (QED) is 0.473. The Labute approximate surface area is 160 Å². The van der Waals surface area contributed by atoms with Gasteiger partial charge in [-0.1, -0.05) is 36.4 Å². The van der Waals surface area contributed by atoms with E-state index in [9.17, 15) is 9.59 Å². The molecule has 0 N–H and O–H groups in total. The SMILES string of the molecule is C=CCN(CCC(=O)OCC)C(=O)c1ccc(OCc2ccccc2)cc1. The van der Waals surface area contributed by atoms with Crippen molar-refractivity contribution < 1.29 is 19.1 Å². The van der Waals surface area contributed by atoms with Crippen molar-refractivity contribution in [1.29, 1.82) is 0 Å². The molecule has 0 spiro atoms. The molecule has 5 nitrogen and oxygen atoms in total. The first-order chi connectivity index (χ1) is 13.1. The highest BCUT2D eigenvalue weighted by Crippen LogP contribution is 2.16. The van der Waals surface area contributed by atoms with Gasteiger partial charge in [-0.05, 0) is 36.8 Å². The first kappa shape index (κ1) is 20.2. The molecule has 27 heavy (non-hydrogen) atoms. The Bertz CT molecular complexity index is 741. The number of nitrogens with zero attached hydrogens (tertiary/aromatic N) is 1. The van der Waals surface area contributed by atoms with Gasteiger partial charge in [0.2, 0.25) is 0 Å². The standard InChI is InChI=1S/C22H25NO4/c1-3-15-23(16-14-21(24)26-4-2)22(25)19-10-12-20(13-11-19)27-17-18-8-6-5-7-9-18/h3,5-13H,1,4,14-17H2,2H3. The number of carbonyl (C=O) groups excluding carboxylic acids is 2. The maximum Gasteiger partial charge on any atom is 0.307 e. The van der Waals surface area contributed by atoms with Gasteiger partial charge in [0.05, 0.1) is 13.0 Å². The molecule has 0 radical (unpaired) electrons. The molecule has 0 atom stereocenters. The van der Waals surface area contributed by atoms with E-state index in [1.54, 1.807) is 42.2 Å². The summed E-state index contributed by atoms with van der Waals surface area (Å²) in [4.78, 5) is 25.8. The molecule has 0 heterocycles. The average Bonchev–Trinajstić information content (AvgIpc) is 2.70. The zero-order valence-corrected chi connectivity index (χ0v) is 15.6. The summed E-state index contributed by atoms with van der Waals surface area (Å²) in [5.74, 6) is 0.218. The molecule has 0 saturated carbocycles. The average molecular weight is 367 g/mol. The predicted octanol–water partition coefficient (Wildman–Crippen LogP) is 3.85. The van der Waals surface area contributed by atoms with Crippen LogP contribution in [-0.2, 0) is 16.1 Å². The van der Waals surface area contributed by atoms with Gasteiger partial charge in [-0.15, -0.1) is 6.58 Å². The van der Waals surface area contributed by atoms with E-state index < -0.39 is 0 Å². The molecule has 5 heteroatoms. The van der Waals surface area contributed by atoms with E-state index in [1.165, 1.54) is 0 Å². The smallest absolute Gasteiger partial charge is 0.307 e. The summed E-state index contributed by atoms with van der Waals surface area (Å²) in [6.45, 7) is 6.89. The normalized spacial score (nSPS) is 10.1. The van der Waals surface area contributed by atoms with Crippen molar-refractivity contribution in [2.75, 3.05) is 19.7 Å². The zero-order valence-electron chi connectivity index (χ0n) is 15.6. The second kappa shape index (κ2) is 10.8. The fraction of sp³-hybridized carbons (Fsp3) is 0.273. The molecule has 2 aromatic rings. The molecule has 142 valence electrons. The van der Waals surface area contributed by atoms with Crippen LogP contribution >= 0.6 is 0 Å². The highest BCUT2D eigenvalue weighted by molar-refractivity contribution is 5.94. The lowest BCUT2D eigenvalue weighted by Gasteiger charge is -2.21. The fourth-order valence-electron chi connectivity index (χ4n) is 2.51. The molecule has 0 aliphatic heterocycles. The molecule has 0 aromatic heterocycles. The first-order valence-electron chi connectivity index (χ1n) is 8.96. The van der Waals surface area contributed by atoms with Crippen LogP contribution in [0.4, 0.5) is 0 Å². The molecular weight excluding hydrogens is 342 g/mol. The minimum absolute atomic E-state index is 0.158. The summed E-state index contributed by atoms with van der Waals surface area (Å²) in [6.07, 6.45) is 1.80. The Morgan fingerprint density at radius 2 is 1.78 bits per heavy atom. The van der Waals surface area contributed by atoms with Gasteiger partial charge in [0, 0.05) is 18.7 Å². The molecule has 0 bridgehead atoms.